The molecule has 0 saturated carbocycles. The van der Waals surface area contributed by atoms with Crippen LogP contribution in [0, 0.1) is 5.92 Å². The molecule has 124 valence electrons. The summed E-state index contributed by atoms with van der Waals surface area (Å²) in [5.74, 6) is 0.948. The maximum Gasteiger partial charge on any atom is 0.253 e. The van der Waals surface area contributed by atoms with Gasteiger partial charge in [-0.1, -0.05) is 37.3 Å². The Kier molecular flexibility index (Phi) is 4.15. The van der Waals surface area contributed by atoms with Crippen molar-refractivity contribution < 1.29 is 4.79 Å². The monoisotopic (exact) mass is 338 g/mol. The molecule has 0 fully saturated rings. The van der Waals surface area contributed by atoms with Crippen LogP contribution >= 0.6 is 11.3 Å². The highest BCUT2D eigenvalue weighted by Crippen LogP contribution is 2.51. The number of hydrogen-bond donors (Lipinski definition) is 2. The molecular formula is C20H22N2OS. The molecule has 1 aromatic carbocycles. The number of fused-ring (bicyclic) bond motifs is 3. The summed E-state index contributed by atoms with van der Waals surface area (Å²) in [6, 6.07) is 10.7. The largest absolute Gasteiger partial charge is 0.376 e. The van der Waals surface area contributed by atoms with E-state index in [1.165, 1.54) is 10.4 Å². The Hall–Kier alpha value is -2.07. The average molecular weight is 338 g/mol. The first-order chi connectivity index (χ1) is 11.8. The van der Waals surface area contributed by atoms with Crippen LogP contribution in [-0.4, -0.2) is 12.5 Å². The second kappa shape index (κ2) is 6.44. The maximum atomic E-state index is 12.6. The molecule has 1 aliphatic carbocycles. The van der Waals surface area contributed by atoms with Crippen molar-refractivity contribution >= 4 is 22.9 Å². The molecule has 1 aliphatic heterocycles. The van der Waals surface area contributed by atoms with Gasteiger partial charge in [-0.2, -0.15) is 0 Å². The number of rotatable bonds is 4. The summed E-state index contributed by atoms with van der Waals surface area (Å²) in [7, 11) is 0. The zero-order valence-corrected chi connectivity index (χ0v) is 14.6. The zero-order valence-electron chi connectivity index (χ0n) is 13.8. The minimum atomic E-state index is 0.0200. The Morgan fingerprint density at radius 1 is 1.33 bits per heavy atom. The van der Waals surface area contributed by atoms with Gasteiger partial charge in [-0.05, 0) is 41.8 Å². The van der Waals surface area contributed by atoms with Crippen LogP contribution in [0.4, 0.5) is 5.69 Å². The second-order valence-corrected chi connectivity index (χ2v) is 7.50. The van der Waals surface area contributed by atoms with Gasteiger partial charge in [0.15, 0.2) is 0 Å². The van der Waals surface area contributed by atoms with E-state index in [9.17, 15) is 4.79 Å². The quantitative estimate of drug-likeness (QED) is 0.792. The molecule has 0 saturated heterocycles. The van der Waals surface area contributed by atoms with Crippen molar-refractivity contribution in [1.29, 1.82) is 0 Å². The molecule has 4 rings (SSSR count). The van der Waals surface area contributed by atoms with Crippen molar-refractivity contribution in [3.05, 3.63) is 63.9 Å². The minimum absolute atomic E-state index is 0.0200. The van der Waals surface area contributed by atoms with E-state index in [-0.39, 0.29) is 11.9 Å². The fourth-order valence-corrected chi connectivity index (χ4v) is 4.75. The third-order valence-corrected chi connectivity index (χ3v) is 5.98. The molecule has 1 aromatic heterocycles. The lowest BCUT2D eigenvalue weighted by Crippen LogP contribution is -2.32. The van der Waals surface area contributed by atoms with Gasteiger partial charge < -0.3 is 10.6 Å². The molecule has 3 unspecified atom stereocenters. The van der Waals surface area contributed by atoms with E-state index >= 15 is 0 Å². The van der Waals surface area contributed by atoms with Crippen molar-refractivity contribution in [2.45, 2.75) is 31.7 Å². The predicted octanol–water partition coefficient (Wildman–Crippen LogP) is 4.71. The SMILES string of the molecule is CCCNC(=O)c1cccc2c1NC(c1cccs1)C1CC=CC21. The Bertz CT molecular complexity index is 766. The molecule has 0 radical (unpaired) electrons. The number of carbonyl (C=O) groups excluding carboxylic acids is 1. The molecule has 4 heteroatoms. The average Bonchev–Trinajstić information content (AvgIpc) is 3.29. The molecule has 1 amide bonds. The first-order valence-electron chi connectivity index (χ1n) is 8.67. The number of allylic oxidation sites excluding steroid dienone is 2. The standard InChI is InChI=1S/C20H22N2OS/c1-2-11-21-20(23)16-9-4-7-14-13-6-3-8-15(13)19(22-18(14)16)17-10-5-12-24-17/h3-7,9-10,12-13,15,19,22H,2,8,11H2,1H3,(H,21,23). The van der Waals surface area contributed by atoms with Crippen molar-refractivity contribution in [2.75, 3.05) is 11.9 Å². The first kappa shape index (κ1) is 15.5. The van der Waals surface area contributed by atoms with Gasteiger partial charge in [0.25, 0.3) is 5.91 Å². The number of amides is 1. The Morgan fingerprint density at radius 3 is 3.04 bits per heavy atom. The number of benzene rings is 1. The van der Waals surface area contributed by atoms with Crippen LogP contribution in [-0.2, 0) is 0 Å². The van der Waals surface area contributed by atoms with Crippen LogP contribution < -0.4 is 10.6 Å². The third kappa shape index (κ3) is 2.55. The highest BCUT2D eigenvalue weighted by atomic mass is 32.1. The van der Waals surface area contributed by atoms with Gasteiger partial charge in [0.05, 0.1) is 17.3 Å². The normalized spacial score (nSPS) is 24.1. The molecule has 0 bridgehead atoms. The molecular weight excluding hydrogens is 316 g/mol. The number of thiophene rings is 1. The van der Waals surface area contributed by atoms with Gasteiger partial charge in [-0.25, -0.2) is 0 Å². The minimum Gasteiger partial charge on any atom is -0.376 e. The van der Waals surface area contributed by atoms with E-state index in [1.54, 1.807) is 11.3 Å². The van der Waals surface area contributed by atoms with Gasteiger partial charge in [-0.3, -0.25) is 4.79 Å². The van der Waals surface area contributed by atoms with Crippen molar-refractivity contribution in [1.82, 2.24) is 5.32 Å². The van der Waals surface area contributed by atoms with Crippen LogP contribution in [0.15, 0.2) is 47.9 Å². The Labute approximate surface area is 146 Å². The van der Waals surface area contributed by atoms with E-state index in [2.05, 4.69) is 53.3 Å². The van der Waals surface area contributed by atoms with Crippen LogP contribution in [0.25, 0.3) is 0 Å². The van der Waals surface area contributed by atoms with Crippen molar-refractivity contribution in [3.8, 4) is 0 Å². The summed E-state index contributed by atoms with van der Waals surface area (Å²) < 4.78 is 0. The summed E-state index contributed by atoms with van der Waals surface area (Å²) in [6.07, 6.45) is 6.64. The summed E-state index contributed by atoms with van der Waals surface area (Å²) >= 11 is 1.79. The maximum absolute atomic E-state index is 12.6. The van der Waals surface area contributed by atoms with Crippen LogP contribution in [0.3, 0.4) is 0 Å². The van der Waals surface area contributed by atoms with E-state index in [0.717, 1.165) is 24.1 Å². The van der Waals surface area contributed by atoms with Gasteiger partial charge in [0.2, 0.25) is 0 Å². The van der Waals surface area contributed by atoms with Gasteiger partial charge in [0.1, 0.15) is 0 Å². The summed E-state index contributed by atoms with van der Waals surface area (Å²) in [4.78, 5) is 13.9. The lowest BCUT2D eigenvalue weighted by atomic mass is 9.78. The zero-order chi connectivity index (χ0) is 16.5. The predicted molar refractivity (Wildman–Crippen MR) is 99.7 cm³/mol. The lowest BCUT2D eigenvalue weighted by Gasteiger charge is -2.37. The first-order valence-corrected chi connectivity index (χ1v) is 9.55. The van der Waals surface area contributed by atoms with Crippen LogP contribution in [0.2, 0.25) is 0 Å². The molecule has 2 aromatic rings. The number of nitrogens with one attached hydrogen (secondary N) is 2. The molecule has 3 atom stereocenters. The number of hydrogen-bond acceptors (Lipinski definition) is 3. The van der Waals surface area contributed by atoms with E-state index < -0.39 is 0 Å². The van der Waals surface area contributed by atoms with Crippen LogP contribution in [0.1, 0.15) is 52.5 Å². The summed E-state index contributed by atoms with van der Waals surface area (Å²) in [5, 5.41) is 8.85. The van der Waals surface area contributed by atoms with Crippen molar-refractivity contribution in [2.24, 2.45) is 5.92 Å². The topological polar surface area (TPSA) is 41.1 Å². The van der Waals surface area contributed by atoms with Gasteiger partial charge in [-0.15, -0.1) is 11.3 Å². The smallest absolute Gasteiger partial charge is 0.253 e. The highest BCUT2D eigenvalue weighted by Gasteiger charge is 2.39. The van der Waals surface area contributed by atoms with Gasteiger partial charge in [0, 0.05) is 17.3 Å². The third-order valence-electron chi connectivity index (χ3n) is 5.03. The van der Waals surface area contributed by atoms with Crippen LogP contribution in [0.5, 0.6) is 0 Å². The molecule has 2 aliphatic rings. The number of para-hydroxylation sites is 1. The van der Waals surface area contributed by atoms with E-state index in [0.29, 0.717) is 18.4 Å². The number of carbonyl (C=O) groups is 1. The van der Waals surface area contributed by atoms with E-state index in [1.807, 2.05) is 12.1 Å². The fourth-order valence-electron chi connectivity index (χ4n) is 3.89. The molecule has 0 spiro atoms. The summed E-state index contributed by atoms with van der Waals surface area (Å²) in [5.41, 5.74) is 3.03. The summed E-state index contributed by atoms with van der Waals surface area (Å²) in [6.45, 7) is 2.78. The molecule has 3 nitrogen and oxygen atoms in total. The van der Waals surface area contributed by atoms with Gasteiger partial charge >= 0.3 is 0 Å². The Balaban J connectivity index is 1.75. The fraction of sp³-hybridized carbons (Fsp3) is 0.350. The highest BCUT2D eigenvalue weighted by molar-refractivity contribution is 7.10. The number of anilines is 1. The molecule has 2 N–H and O–H groups in total. The Morgan fingerprint density at radius 2 is 2.25 bits per heavy atom. The molecule has 2 heterocycles. The second-order valence-electron chi connectivity index (χ2n) is 6.52. The van der Waals surface area contributed by atoms with Crippen molar-refractivity contribution in [3.63, 3.8) is 0 Å². The molecule has 24 heavy (non-hydrogen) atoms. The van der Waals surface area contributed by atoms with E-state index in [4.69, 9.17) is 0 Å². The lowest BCUT2D eigenvalue weighted by molar-refractivity contribution is 0.0954.